The van der Waals surface area contributed by atoms with Gasteiger partial charge in [-0.15, -0.1) is 5.10 Å². The lowest BCUT2D eigenvalue weighted by atomic mass is 10.1. The van der Waals surface area contributed by atoms with Gasteiger partial charge < -0.3 is 0 Å². The molecule has 8 heteroatoms. The van der Waals surface area contributed by atoms with E-state index in [9.17, 15) is 8.42 Å². The van der Waals surface area contributed by atoms with Crippen LogP contribution in [0.25, 0.3) is 17.1 Å². The SMILES string of the molecule is Cc1ccc(-n2c(-c3ccccc3)nn(CN(CC(C)C)[C@H]3CCS(=O)(=O)C3)c2=S)cc1. The molecule has 1 atom stereocenters. The van der Waals surface area contributed by atoms with Crippen LogP contribution in [0.1, 0.15) is 25.8 Å². The Morgan fingerprint density at radius 2 is 1.81 bits per heavy atom. The van der Waals surface area contributed by atoms with Gasteiger partial charge in [0.15, 0.2) is 15.7 Å². The van der Waals surface area contributed by atoms with E-state index < -0.39 is 9.84 Å². The van der Waals surface area contributed by atoms with E-state index in [1.165, 1.54) is 5.56 Å². The van der Waals surface area contributed by atoms with Crippen molar-refractivity contribution < 1.29 is 8.42 Å². The van der Waals surface area contributed by atoms with Crippen molar-refractivity contribution in [2.75, 3.05) is 18.1 Å². The maximum absolute atomic E-state index is 12.1. The highest BCUT2D eigenvalue weighted by Crippen LogP contribution is 2.25. The van der Waals surface area contributed by atoms with Gasteiger partial charge in [-0.1, -0.05) is 61.9 Å². The van der Waals surface area contributed by atoms with Crippen molar-refractivity contribution in [1.82, 2.24) is 19.2 Å². The number of benzene rings is 2. The molecule has 3 aromatic rings. The van der Waals surface area contributed by atoms with Crippen LogP contribution in [-0.4, -0.2) is 51.8 Å². The summed E-state index contributed by atoms with van der Waals surface area (Å²) < 4.78 is 28.7. The van der Waals surface area contributed by atoms with Gasteiger partial charge in [0.1, 0.15) is 0 Å². The predicted molar refractivity (Wildman–Crippen MR) is 131 cm³/mol. The van der Waals surface area contributed by atoms with Crippen molar-refractivity contribution in [3.05, 3.63) is 64.9 Å². The average Bonchev–Trinajstić information content (AvgIpc) is 3.28. The normalized spacial score (nSPS) is 18.0. The highest BCUT2D eigenvalue weighted by atomic mass is 32.2. The van der Waals surface area contributed by atoms with E-state index in [0.29, 0.717) is 23.8 Å². The number of nitrogens with zero attached hydrogens (tertiary/aromatic N) is 4. The molecule has 0 radical (unpaired) electrons. The molecule has 0 amide bonds. The van der Waals surface area contributed by atoms with E-state index in [1.807, 2.05) is 39.6 Å². The third-order valence-electron chi connectivity index (χ3n) is 5.80. The van der Waals surface area contributed by atoms with Gasteiger partial charge >= 0.3 is 0 Å². The molecule has 0 spiro atoms. The van der Waals surface area contributed by atoms with Crippen molar-refractivity contribution in [1.29, 1.82) is 0 Å². The maximum Gasteiger partial charge on any atom is 0.204 e. The molecular weight excluding hydrogens is 440 g/mol. The summed E-state index contributed by atoms with van der Waals surface area (Å²) in [6.07, 6.45) is 0.659. The van der Waals surface area contributed by atoms with Gasteiger partial charge in [-0.25, -0.2) is 13.1 Å². The van der Waals surface area contributed by atoms with E-state index in [2.05, 4.69) is 49.9 Å². The summed E-state index contributed by atoms with van der Waals surface area (Å²) >= 11 is 5.90. The highest BCUT2D eigenvalue weighted by Gasteiger charge is 2.33. The summed E-state index contributed by atoms with van der Waals surface area (Å²) in [5.41, 5.74) is 3.13. The quantitative estimate of drug-likeness (QED) is 0.477. The molecule has 0 saturated carbocycles. The Labute approximate surface area is 195 Å². The Kier molecular flexibility index (Phi) is 6.65. The summed E-state index contributed by atoms with van der Waals surface area (Å²) in [5, 5.41) is 4.92. The maximum atomic E-state index is 12.1. The Morgan fingerprint density at radius 1 is 1.12 bits per heavy atom. The van der Waals surface area contributed by atoms with Crippen molar-refractivity contribution in [2.45, 2.75) is 39.9 Å². The smallest absolute Gasteiger partial charge is 0.204 e. The minimum Gasteiger partial charge on any atom is -0.280 e. The fraction of sp³-hybridized carbons (Fsp3) is 0.417. The third-order valence-corrected chi connectivity index (χ3v) is 7.95. The monoisotopic (exact) mass is 470 g/mol. The molecule has 1 saturated heterocycles. The predicted octanol–water partition coefficient (Wildman–Crippen LogP) is 4.48. The summed E-state index contributed by atoms with van der Waals surface area (Å²) in [7, 11) is -2.97. The van der Waals surface area contributed by atoms with Crippen molar-refractivity contribution in [3.8, 4) is 17.1 Å². The molecule has 1 aliphatic heterocycles. The molecule has 2 heterocycles. The number of hydrogen-bond acceptors (Lipinski definition) is 5. The summed E-state index contributed by atoms with van der Waals surface area (Å²) in [6, 6.07) is 18.3. The first-order valence-corrected chi connectivity index (χ1v) is 13.2. The molecule has 1 fully saturated rings. The summed E-state index contributed by atoms with van der Waals surface area (Å²) in [5.74, 6) is 1.64. The molecular formula is C24H30N4O2S2. The van der Waals surface area contributed by atoms with Gasteiger partial charge in [0.25, 0.3) is 0 Å². The molecule has 0 N–H and O–H groups in total. The summed E-state index contributed by atoms with van der Waals surface area (Å²) in [4.78, 5) is 2.23. The molecule has 0 bridgehead atoms. The van der Waals surface area contributed by atoms with Crippen LogP contribution in [-0.2, 0) is 16.5 Å². The molecule has 170 valence electrons. The second kappa shape index (κ2) is 9.29. The fourth-order valence-electron chi connectivity index (χ4n) is 4.23. The first kappa shape index (κ1) is 22.9. The van der Waals surface area contributed by atoms with Crippen LogP contribution in [0.15, 0.2) is 54.6 Å². The topological polar surface area (TPSA) is 60.1 Å². The lowest BCUT2D eigenvalue weighted by molar-refractivity contribution is 0.137. The van der Waals surface area contributed by atoms with E-state index in [-0.39, 0.29) is 17.5 Å². The molecule has 0 unspecified atom stereocenters. The van der Waals surface area contributed by atoms with Crippen molar-refractivity contribution in [3.63, 3.8) is 0 Å². The zero-order valence-corrected chi connectivity index (χ0v) is 20.4. The van der Waals surface area contributed by atoms with Gasteiger partial charge in [-0.2, -0.15) is 0 Å². The Hall–Kier alpha value is -2.29. The number of aryl methyl sites for hydroxylation is 1. The van der Waals surface area contributed by atoms with E-state index >= 15 is 0 Å². The third kappa shape index (κ3) is 5.03. The number of aromatic nitrogens is 3. The van der Waals surface area contributed by atoms with Gasteiger partial charge in [0.05, 0.1) is 18.2 Å². The minimum absolute atomic E-state index is 0.00556. The molecule has 2 aromatic carbocycles. The molecule has 6 nitrogen and oxygen atoms in total. The van der Waals surface area contributed by atoms with Crippen LogP contribution in [0.4, 0.5) is 0 Å². The highest BCUT2D eigenvalue weighted by molar-refractivity contribution is 7.91. The number of rotatable bonds is 7. The van der Waals surface area contributed by atoms with Crippen molar-refractivity contribution >= 4 is 22.1 Å². The van der Waals surface area contributed by atoms with Crippen LogP contribution in [0.3, 0.4) is 0 Å². The van der Waals surface area contributed by atoms with Crippen LogP contribution in [0, 0.1) is 17.6 Å². The lowest BCUT2D eigenvalue weighted by Gasteiger charge is -2.29. The number of sulfone groups is 1. The molecule has 32 heavy (non-hydrogen) atoms. The first-order valence-electron chi connectivity index (χ1n) is 11.0. The van der Waals surface area contributed by atoms with Gasteiger partial charge in [0.2, 0.25) is 4.77 Å². The Balaban J connectivity index is 1.76. The average molecular weight is 471 g/mol. The number of hydrogen-bond donors (Lipinski definition) is 0. The largest absolute Gasteiger partial charge is 0.280 e. The minimum atomic E-state index is -2.97. The van der Waals surface area contributed by atoms with E-state index in [1.54, 1.807) is 0 Å². The molecule has 1 aliphatic rings. The molecule has 0 aliphatic carbocycles. The van der Waals surface area contributed by atoms with Gasteiger partial charge in [0, 0.05) is 23.8 Å². The van der Waals surface area contributed by atoms with Crippen molar-refractivity contribution in [2.24, 2.45) is 5.92 Å². The zero-order chi connectivity index (χ0) is 22.9. The Bertz CT molecular complexity index is 1230. The van der Waals surface area contributed by atoms with Crippen LogP contribution < -0.4 is 0 Å². The van der Waals surface area contributed by atoms with Crippen LogP contribution in [0.2, 0.25) is 0 Å². The Morgan fingerprint density at radius 3 is 2.41 bits per heavy atom. The molecule has 4 rings (SSSR count). The fourth-order valence-corrected chi connectivity index (χ4v) is 6.28. The first-order chi connectivity index (χ1) is 15.2. The van der Waals surface area contributed by atoms with E-state index in [4.69, 9.17) is 17.3 Å². The zero-order valence-electron chi connectivity index (χ0n) is 18.8. The van der Waals surface area contributed by atoms with Crippen LogP contribution >= 0.6 is 12.2 Å². The van der Waals surface area contributed by atoms with Gasteiger partial charge in [-0.05, 0) is 43.6 Å². The second-order valence-corrected chi connectivity index (χ2v) is 11.6. The van der Waals surface area contributed by atoms with Crippen LogP contribution in [0.5, 0.6) is 0 Å². The van der Waals surface area contributed by atoms with E-state index in [0.717, 1.165) is 23.6 Å². The van der Waals surface area contributed by atoms with Gasteiger partial charge in [-0.3, -0.25) is 9.47 Å². The summed E-state index contributed by atoms with van der Waals surface area (Å²) in [6.45, 7) is 7.62. The lowest BCUT2D eigenvalue weighted by Crippen LogP contribution is -2.40. The standard InChI is InChI=1S/C24H30N4O2S2/c1-18(2)15-26(22-13-14-32(29,30)16-22)17-27-24(31)28(21-11-9-19(3)10-12-21)23(25-27)20-7-5-4-6-8-20/h4-12,18,22H,13-17H2,1-3H3/t22-/m0/s1. The second-order valence-electron chi connectivity index (χ2n) is 9.01. The molecule has 1 aromatic heterocycles.